The minimum absolute atomic E-state index is 0.0220. The number of carbonyl (C=O) groups is 1. The Morgan fingerprint density at radius 2 is 2.23 bits per heavy atom. The second-order valence-electron chi connectivity index (χ2n) is 8.80. The number of rotatable bonds is 5. The molecule has 1 saturated carbocycles. The Morgan fingerprint density at radius 3 is 3.00 bits per heavy atom. The van der Waals surface area contributed by atoms with E-state index in [9.17, 15) is 4.79 Å². The predicted octanol–water partition coefficient (Wildman–Crippen LogP) is 3.15. The molecule has 4 nitrogen and oxygen atoms in total. The summed E-state index contributed by atoms with van der Waals surface area (Å²) in [5, 5.41) is 4.05. The molecule has 1 aromatic carbocycles. The van der Waals surface area contributed by atoms with Crippen LogP contribution in [-0.2, 0) is 16.1 Å². The van der Waals surface area contributed by atoms with E-state index >= 15 is 0 Å². The SMILES string of the molecule is Cc1ccc(CN2C[C@@H]3[C@H](CNC(=O)C4CC4)[C@H]4CC[C@]3(C2)O4)cc1Cl. The monoisotopic (exact) mass is 374 g/mol. The van der Waals surface area contributed by atoms with Crippen LogP contribution in [0, 0.1) is 24.7 Å². The number of fused-ring (bicyclic) bond motifs is 1. The van der Waals surface area contributed by atoms with Crippen molar-refractivity contribution in [3.8, 4) is 0 Å². The van der Waals surface area contributed by atoms with Crippen molar-refractivity contribution in [1.82, 2.24) is 10.2 Å². The van der Waals surface area contributed by atoms with Gasteiger partial charge in [0.1, 0.15) is 0 Å². The fourth-order valence-corrected chi connectivity index (χ4v) is 5.58. The van der Waals surface area contributed by atoms with Crippen molar-refractivity contribution in [2.24, 2.45) is 17.8 Å². The Kier molecular flexibility index (Phi) is 4.07. The second-order valence-corrected chi connectivity index (χ2v) is 9.21. The zero-order chi connectivity index (χ0) is 17.9. The summed E-state index contributed by atoms with van der Waals surface area (Å²) in [6.45, 7) is 5.82. The Morgan fingerprint density at radius 1 is 1.38 bits per heavy atom. The third-order valence-corrected chi connectivity index (χ3v) is 7.36. The lowest BCUT2D eigenvalue weighted by Gasteiger charge is -2.29. The standard InChI is InChI=1S/C21H27ClN2O2/c1-13-2-3-14(8-18(13)22)10-24-11-17-16(9-23-20(25)15-4-5-15)19-6-7-21(17,12-24)26-19/h2-3,8,15-17,19H,4-7,9-12H2,1H3,(H,23,25)/t16-,17+,19+,21+/m0/s1. The zero-order valence-electron chi connectivity index (χ0n) is 15.3. The number of halogens is 1. The van der Waals surface area contributed by atoms with E-state index in [1.54, 1.807) is 0 Å². The van der Waals surface area contributed by atoms with Gasteiger partial charge in [-0.25, -0.2) is 0 Å². The minimum Gasteiger partial charge on any atom is -0.370 e. The maximum absolute atomic E-state index is 12.0. The van der Waals surface area contributed by atoms with Gasteiger partial charge < -0.3 is 10.1 Å². The van der Waals surface area contributed by atoms with Crippen LogP contribution in [0.4, 0.5) is 0 Å². The topological polar surface area (TPSA) is 41.6 Å². The first-order valence-corrected chi connectivity index (χ1v) is 10.3. The van der Waals surface area contributed by atoms with Gasteiger partial charge in [-0.15, -0.1) is 0 Å². The lowest BCUT2D eigenvalue weighted by Crippen LogP contribution is -2.42. The molecule has 1 aliphatic carbocycles. The molecule has 0 aromatic heterocycles. The average Bonchev–Trinajstić information content (AvgIpc) is 3.22. The van der Waals surface area contributed by atoms with Crippen molar-refractivity contribution >= 4 is 17.5 Å². The molecule has 1 spiro atoms. The molecule has 1 N–H and O–H groups in total. The quantitative estimate of drug-likeness (QED) is 0.860. The molecular weight excluding hydrogens is 348 g/mol. The zero-order valence-corrected chi connectivity index (χ0v) is 16.1. The first-order valence-electron chi connectivity index (χ1n) is 9.97. The summed E-state index contributed by atoms with van der Waals surface area (Å²) in [4.78, 5) is 14.6. The molecule has 26 heavy (non-hydrogen) atoms. The smallest absolute Gasteiger partial charge is 0.223 e. The minimum atomic E-state index is 0.0220. The number of likely N-dealkylation sites (tertiary alicyclic amines) is 1. The first-order chi connectivity index (χ1) is 12.5. The van der Waals surface area contributed by atoms with Gasteiger partial charge >= 0.3 is 0 Å². The molecule has 140 valence electrons. The Balaban J connectivity index is 1.26. The van der Waals surface area contributed by atoms with E-state index in [0.717, 1.165) is 56.0 Å². The predicted molar refractivity (Wildman–Crippen MR) is 101 cm³/mol. The summed E-state index contributed by atoms with van der Waals surface area (Å²) in [7, 11) is 0. The fourth-order valence-electron chi connectivity index (χ4n) is 5.38. The maximum atomic E-state index is 12.0. The van der Waals surface area contributed by atoms with Gasteiger partial charge in [0.2, 0.25) is 5.91 Å². The van der Waals surface area contributed by atoms with E-state index < -0.39 is 0 Å². The van der Waals surface area contributed by atoms with Crippen molar-refractivity contribution in [1.29, 1.82) is 0 Å². The number of amides is 1. The van der Waals surface area contributed by atoms with Crippen LogP contribution in [0.1, 0.15) is 36.8 Å². The van der Waals surface area contributed by atoms with Crippen LogP contribution in [0.15, 0.2) is 18.2 Å². The molecular formula is C21H27ClN2O2. The molecule has 3 heterocycles. The van der Waals surface area contributed by atoms with E-state index in [1.807, 2.05) is 6.92 Å². The molecule has 3 saturated heterocycles. The summed E-state index contributed by atoms with van der Waals surface area (Å²) in [5.41, 5.74) is 2.42. The molecule has 2 bridgehead atoms. The molecule has 1 amide bonds. The van der Waals surface area contributed by atoms with E-state index in [-0.39, 0.29) is 17.4 Å². The largest absolute Gasteiger partial charge is 0.370 e. The van der Waals surface area contributed by atoms with Gasteiger partial charge in [-0.3, -0.25) is 9.69 Å². The highest BCUT2D eigenvalue weighted by atomic mass is 35.5. The molecule has 5 rings (SSSR count). The van der Waals surface area contributed by atoms with Crippen LogP contribution in [0.2, 0.25) is 5.02 Å². The van der Waals surface area contributed by atoms with Crippen molar-refractivity contribution in [3.63, 3.8) is 0 Å². The number of carbonyl (C=O) groups excluding carboxylic acids is 1. The van der Waals surface area contributed by atoms with E-state index in [2.05, 4.69) is 28.4 Å². The summed E-state index contributed by atoms with van der Waals surface area (Å²) in [6, 6.07) is 6.37. The maximum Gasteiger partial charge on any atom is 0.223 e. The number of hydrogen-bond acceptors (Lipinski definition) is 3. The van der Waals surface area contributed by atoms with E-state index in [1.165, 1.54) is 12.0 Å². The highest BCUT2D eigenvalue weighted by Crippen LogP contribution is 2.54. The van der Waals surface area contributed by atoms with Gasteiger partial charge in [0.05, 0.1) is 11.7 Å². The van der Waals surface area contributed by atoms with Crippen molar-refractivity contribution in [3.05, 3.63) is 34.3 Å². The van der Waals surface area contributed by atoms with Gasteiger partial charge in [0.25, 0.3) is 0 Å². The van der Waals surface area contributed by atoms with Gasteiger partial charge in [-0.05, 0) is 49.8 Å². The number of nitrogens with one attached hydrogen (secondary N) is 1. The van der Waals surface area contributed by atoms with E-state index in [4.69, 9.17) is 16.3 Å². The van der Waals surface area contributed by atoms with Crippen LogP contribution in [0.25, 0.3) is 0 Å². The van der Waals surface area contributed by atoms with Crippen molar-refractivity contribution < 1.29 is 9.53 Å². The number of nitrogens with zero attached hydrogens (tertiary/aromatic N) is 1. The fraction of sp³-hybridized carbons (Fsp3) is 0.667. The highest BCUT2D eigenvalue weighted by Gasteiger charge is 2.62. The normalized spacial score (nSPS) is 35.7. The summed E-state index contributed by atoms with van der Waals surface area (Å²) in [6.07, 6.45) is 4.79. The molecule has 0 radical (unpaired) electrons. The number of benzene rings is 1. The van der Waals surface area contributed by atoms with Gasteiger partial charge in [-0.1, -0.05) is 23.7 Å². The van der Waals surface area contributed by atoms with Crippen LogP contribution >= 0.6 is 11.6 Å². The van der Waals surface area contributed by atoms with Crippen LogP contribution < -0.4 is 5.32 Å². The Bertz CT molecular complexity index is 735. The summed E-state index contributed by atoms with van der Waals surface area (Å²) in [5.74, 6) is 1.56. The average molecular weight is 375 g/mol. The number of aryl methyl sites for hydroxylation is 1. The molecule has 4 aliphatic rings. The first kappa shape index (κ1) is 17.0. The number of hydrogen-bond donors (Lipinski definition) is 1. The molecule has 5 heteroatoms. The summed E-state index contributed by atoms with van der Waals surface area (Å²) < 4.78 is 6.50. The lowest BCUT2D eigenvalue weighted by molar-refractivity contribution is -0.122. The van der Waals surface area contributed by atoms with Crippen molar-refractivity contribution in [2.45, 2.75) is 50.9 Å². The lowest BCUT2D eigenvalue weighted by atomic mass is 9.73. The molecule has 4 atom stereocenters. The third-order valence-electron chi connectivity index (χ3n) is 6.96. The van der Waals surface area contributed by atoms with Gasteiger partial charge in [-0.2, -0.15) is 0 Å². The van der Waals surface area contributed by atoms with Crippen LogP contribution in [0.3, 0.4) is 0 Å². The molecule has 1 aromatic rings. The highest BCUT2D eigenvalue weighted by molar-refractivity contribution is 6.31. The van der Waals surface area contributed by atoms with Crippen LogP contribution in [-0.4, -0.2) is 42.1 Å². The Labute approximate surface area is 160 Å². The molecule has 4 fully saturated rings. The Hall–Kier alpha value is -1.10. The molecule has 3 aliphatic heterocycles. The van der Waals surface area contributed by atoms with Crippen LogP contribution in [0.5, 0.6) is 0 Å². The number of ether oxygens (including phenoxy) is 1. The van der Waals surface area contributed by atoms with E-state index in [0.29, 0.717) is 17.9 Å². The second kappa shape index (κ2) is 6.22. The van der Waals surface area contributed by atoms with Gasteiger partial charge in [0, 0.05) is 49.0 Å². The molecule has 0 unspecified atom stereocenters. The van der Waals surface area contributed by atoms with Crippen molar-refractivity contribution in [2.75, 3.05) is 19.6 Å². The summed E-state index contributed by atoms with van der Waals surface area (Å²) >= 11 is 6.30. The van der Waals surface area contributed by atoms with Gasteiger partial charge in [0.15, 0.2) is 0 Å². The third kappa shape index (κ3) is 2.87.